The molecule has 0 aromatic heterocycles. The second kappa shape index (κ2) is 16.4. The Morgan fingerprint density at radius 3 is 1.90 bits per heavy atom. The summed E-state index contributed by atoms with van der Waals surface area (Å²) >= 11 is 0. The molecular weight excluding hydrogens is 390 g/mol. The van der Waals surface area contributed by atoms with Gasteiger partial charge in [-0.2, -0.15) is 0 Å². The Bertz CT molecular complexity index is 697. The van der Waals surface area contributed by atoms with Gasteiger partial charge in [-0.05, 0) is 31.1 Å². The van der Waals surface area contributed by atoms with Crippen LogP contribution in [0.15, 0.2) is 24.3 Å². The average molecular weight is 432 g/mol. The minimum Gasteiger partial charge on any atom is -0.504 e. The number of hydrogen-bond donors (Lipinski definition) is 2. The number of carbonyl (C=O) groups excluding carboxylic acids is 2. The van der Waals surface area contributed by atoms with Gasteiger partial charge in [0.2, 0.25) is 5.91 Å². The van der Waals surface area contributed by atoms with E-state index < -0.39 is 11.7 Å². The number of allylic oxidation sites excluding steroid dienone is 2. The normalized spacial score (nSPS) is 11.2. The first-order valence-electron chi connectivity index (χ1n) is 11.9. The maximum atomic E-state index is 12.6. The largest absolute Gasteiger partial charge is 0.504 e. The summed E-state index contributed by atoms with van der Waals surface area (Å²) in [5.74, 6) is -1.34. The van der Waals surface area contributed by atoms with Gasteiger partial charge in [-0.1, -0.05) is 90.0 Å². The van der Waals surface area contributed by atoms with Gasteiger partial charge in [-0.25, -0.2) is 0 Å². The minimum absolute atomic E-state index is 0.0108. The smallest absolute Gasteiger partial charge is 0.249 e. The van der Waals surface area contributed by atoms with Gasteiger partial charge in [-0.3, -0.25) is 9.59 Å². The Kier molecular flexibility index (Phi) is 14.1. The van der Waals surface area contributed by atoms with Crippen LogP contribution in [0.3, 0.4) is 0 Å². The third-order valence-electron chi connectivity index (χ3n) is 5.60. The average Bonchev–Trinajstić information content (AvgIpc) is 2.75. The highest BCUT2D eigenvalue weighted by Gasteiger charge is 2.21. The number of carbonyl (C=O) groups is 2. The number of phenolic OH excluding ortho intramolecular Hbond substituents is 1. The highest BCUT2D eigenvalue weighted by molar-refractivity contribution is 6.14. The van der Waals surface area contributed by atoms with E-state index in [1.165, 1.54) is 95.9 Å². The van der Waals surface area contributed by atoms with Crippen molar-refractivity contribution in [3.8, 4) is 11.5 Å². The highest BCUT2D eigenvalue weighted by atomic mass is 16.5. The molecule has 0 saturated carbocycles. The van der Waals surface area contributed by atoms with Crippen molar-refractivity contribution < 1.29 is 19.4 Å². The number of hydrogen-bond acceptors (Lipinski definition) is 4. The maximum absolute atomic E-state index is 12.6. The Balaban J connectivity index is 2.22. The van der Waals surface area contributed by atoms with Crippen LogP contribution in [0.25, 0.3) is 0 Å². The first kappa shape index (κ1) is 26.7. The lowest BCUT2D eigenvalue weighted by Gasteiger charge is -2.11. The lowest BCUT2D eigenvalue weighted by atomic mass is 10.00. The Hall–Kier alpha value is -2.30. The summed E-state index contributed by atoms with van der Waals surface area (Å²) in [6, 6.07) is 2.64. The summed E-state index contributed by atoms with van der Waals surface area (Å²) in [6.45, 7) is 2.26. The topological polar surface area (TPSA) is 89.6 Å². The molecular formula is C26H41NO4. The molecule has 0 aliphatic rings. The van der Waals surface area contributed by atoms with Crippen LogP contribution in [0.1, 0.15) is 118 Å². The summed E-state index contributed by atoms with van der Waals surface area (Å²) in [5, 5.41) is 9.90. The van der Waals surface area contributed by atoms with E-state index in [0.717, 1.165) is 19.3 Å². The van der Waals surface area contributed by atoms with Crippen molar-refractivity contribution in [2.45, 2.75) is 96.8 Å². The number of ketones is 1. The number of methoxy groups -OCH3 is 1. The summed E-state index contributed by atoms with van der Waals surface area (Å²) in [7, 11) is 1.34. The summed E-state index contributed by atoms with van der Waals surface area (Å²) < 4.78 is 5.10. The van der Waals surface area contributed by atoms with E-state index in [-0.39, 0.29) is 22.6 Å². The second-order valence-electron chi connectivity index (χ2n) is 8.20. The summed E-state index contributed by atoms with van der Waals surface area (Å²) in [5.41, 5.74) is 5.42. The Morgan fingerprint density at radius 2 is 1.42 bits per heavy atom. The molecule has 1 rings (SSSR count). The molecule has 0 spiro atoms. The van der Waals surface area contributed by atoms with E-state index in [1.54, 1.807) is 0 Å². The molecule has 1 aromatic carbocycles. The van der Waals surface area contributed by atoms with Gasteiger partial charge in [0, 0.05) is 0 Å². The fourth-order valence-electron chi connectivity index (χ4n) is 3.78. The third kappa shape index (κ3) is 10.5. The zero-order chi connectivity index (χ0) is 22.9. The molecule has 174 valence electrons. The standard InChI is InChI=1S/C26H41NO4/c1-3-4-5-6-7-8-9-10-11-12-13-14-15-16-17-18-22(28)24-21(26(27)30)19-20-23(29)25(24)31-2/h17-20,29H,3-16H2,1-2H3,(H2,27,30). The molecule has 5 heteroatoms. The van der Waals surface area contributed by atoms with Crippen LogP contribution in [-0.2, 0) is 0 Å². The van der Waals surface area contributed by atoms with E-state index in [1.807, 2.05) is 6.08 Å². The Labute approximate surface area is 188 Å². The number of rotatable bonds is 18. The molecule has 1 aromatic rings. The zero-order valence-corrected chi connectivity index (χ0v) is 19.5. The zero-order valence-electron chi connectivity index (χ0n) is 19.5. The van der Waals surface area contributed by atoms with E-state index >= 15 is 0 Å². The van der Waals surface area contributed by atoms with Gasteiger partial charge >= 0.3 is 0 Å². The number of ether oxygens (including phenoxy) is 1. The maximum Gasteiger partial charge on any atom is 0.249 e. The van der Waals surface area contributed by atoms with E-state index in [4.69, 9.17) is 10.5 Å². The molecule has 0 radical (unpaired) electrons. The van der Waals surface area contributed by atoms with Crippen molar-refractivity contribution >= 4 is 11.7 Å². The molecule has 3 N–H and O–H groups in total. The molecule has 0 heterocycles. The SMILES string of the molecule is CCCCCCCCCCCCCCCC=CC(=O)c1c(C(N)=O)ccc(O)c1OC. The van der Waals surface area contributed by atoms with E-state index in [2.05, 4.69) is 6.92 Å². The molecule has 5 nitrogen and oxygen atoms in total. The van der Waals surface area contributed by atoms with Crippen molar-refractivity contribution in [2.75, 3.05) is 7.11 Å². The Morgan fingerprint density at radius 1 is 0.903 bits per heavy atom. The quantitative estimate of drug-likeness (QED) is 0.153. The predicted octanol–water partition coefficient (Wildman–Crippen LogP) is 6.72. The lowest BCUT2D eigenvalue weighted by Crippen LogP contribution is -2.16. The van der Waals surface area contributed by atoms with Crippen molar-refractivity contribution in [3.63, 3.8) is 0 Å². The van der Waals surface area contributed by atoms with Crippen LogP contribution in [0.5, 0.6) is 11.5 Å². The number of primary amides is 1. The molecule has 0 fully saturated rings. The molecule has 0 aliphatic carbocycles. The van der Waals surface area contributed by atoms with Crippen LogP contribution in [-0.4, -0.2) is 23.9 Å². The van der Waals surface area contributed by atoms with Crippen LogP contribution in [0, 0.1) is 0 Å². The summed E-state index contributed by atoms with van der Waals surface area (Å²) in [6.07, 6.45) is 21.0. The van der Waals surface area contributed by atoms with Crippen LogP contribution in [0.2, 0.25) is 0 Å². The number of unbranched alkanes of at least 4 members (excludes halogenated alkanes) is 13. The molecule has 0 aliphatic heterocycles. The third-order valence-corrected chi connectivity index (χ3v) is 5.60. The first-order valence-corrected chi connectivity index (χ1v) is 11.9. The van der Waals surface area contributed by atoms with Gasteiger partial charge in [-0.15, -0.1) is 0 Å². The lowest BCUT2D eigenvalue weighted by molar-refractivity contribution is 0.0981. The van der Waals surface area contributed by atoms with Crippen LogP contribution in [0.4, 0.5) is 0 Å². The molecule has 0 saturated heterocycles. The predicted molar refractivity (Wildman–Crippen MR) is 127 cm³/mol. The van der Waals surface area contributed by atoms with Crippen LogP contribution >= 0.6 is 0 Å². The second-order valence-corrected chi connectivity index (χ2v) is 8.20. The van der Waals surface area contributed by atoms with Gasteiger partial charge in [0.25, 0.3) is 0 Å². The summed E-state index contributed by atoms with van der Waals surface area (Å²) in [4.78, 5) is 24.2. The van der Waals surface area contributed by atoms with Gasteiger partial charge in [0.15, 0.2) is 17.3 Å². The van der Waals surface area contributed by atoms with Crippen molar-refractivity contribution in [2.24, 2.45) is 5.73 Å². The fraction of sp³-hybridized carbons (Fsp3) is 0.615. The van der Waals surface area contributed by atoms with E-state index in [0.29, 0.717) is 0 Å². The van der Waals surface area contributed by atoms with Crippen molar-refractivity contribution in [1.29, 1.82) is 0 Å². The van der Waals surface area contributed by atoms with Crippen molar-refractivity contribution in [1.82, 2.24) is 0 Å². The number of nitrogens with two attached hydrogens (primary N) is 1. The first-order chi connectivity index (χ1) is 15.0. The molecule has 0 bridgehead atoms. The number of aromatic hydroxyl groups is 1. The molecule has 1 amide bonds. The fourth-order valence-corrected chi connectivity index (χ4v) is 3.78. The van der Waals surface area contributed by atoms with Gasteiger partial charge < -0.3 is 15.6 Å². The minimum atomic E-state index is -0.730. The van der Waals surface area contributed by atoms with E-state index in [9.17, 15) is 14.7 Å². The van der Waals surface area contributed by atoms with Crippen molar-refractivity contribution in [3.05, 3.63) is 35.4 Å². The van der Waals surface area contributed by atoms with Gasteiger partial charge in [0.05, 0.1) is 18.2 Å². The highest BCUT2D eigenvalue weighted by Crippen LogP contribution is 2.33. The molecule has 31 heavy (non-hydrogen) atoms. The monoisotopic (exact) mass is 431 g/mol. The van der Waals surface area contributed by atoms with Crippen LogP contribution < -0.4 is 10.5 Å². The number of benzene rings is 1. The number of phenols is 1. The molecule has 0 atom stereocenters. The number of amides is 1. The molecule has 0 unspecified atom stereocenters. The van der Waals surface area contributed by atoms with Gasteiger partial charge in [0.1, 0.15) is 0 Å².